The van der Waals surface area contributed by atoms with Gasteiger partial charge in [0.15, 0.2) is 0 Å². The molecule has 0 aliphatic heterocycles. The van der Waals surface area contributed by atoms with Gasteiger partial charge >= 0.3 is 0 Å². The lowest BCUT2D eigenvalue weighted by Gasteiger charge is -2.21. The van der Waals surface area contributed by atoms with Gasteiger partial charge in [-0.15, -0.1) is 0 Å². The maximum Gasteiger partial charge on any atom is 0.213 e. The molecule has 0 aromatic heterocycles. The van der Waals surface area contributed by atoms with E-state index in [1.807, 2.05) is 0 Å². The van der Waals surface area contributed by atoms with E-state index in [4.69, 9.17) is 5.11 Å². The summed E-state index contributed by atoms with van der Waals surface area (Å²) in [6.45, 7) is 3.10. The number of hydrogen-bond acceptors (Lipinski definition) is 3. The summed E-state index contributed by atoms with van der Waals surface area (Å²) in [6.07, 6.45) is 0. The average molecular weight is 181 g/mol. The zero-order valence-electron chi connectivity index (χ0n) is 7.11. The summed E-state index contributed by atoms with van der Waals surface area (Å²) in [7, 11) is -1.66. The van der Waals surface area contributed by atoms with Gasteiger partial charge in [0.25, 0.3) is 0 Å². The molecule has 0 aliphatic rings. The van der Waals surface area contributed by atoms with E-state index in [1.54, 1.807) is 13.8 Å². The molecular formula is C6H15NO3S. The predicted octanol–water partition coefficient (Wildman–Crippen LogP) is -0.351. The molecule has 0 aromatic carbocycles. The first-order chi connectivity index (χ1) is 4.95. The Morgan fingerprint density at radius 3 is 2.27 bits per heavy atom. The SMILES string of the molecule is CCS(=O)(=O)N(C)C(C)CO. The molecule has 0 radical (unpaired) electrons. The van der Waals surface area contributed by atoms with Gasteiger partial charge < -0.3 is 5.11 Å². The maximum absolute atomic E-state index is 11.1. The van der Waals surface area contributed by atoms with E-state index >= 15 is 0 Å². The first-order valence-electron chi connectivity index (χ1n) is 3.52. The summed E-state index contributed by atoms with van der Waals surface area (Å²) >= 11 is 0. The fourth-order valence-electron chi connectivity index (χ4n) is 0.593. The highest BCUT2D eigenvalue weighted by molar-refractivity contribution is 7.89. The second-order valence-electron chi connectivity index (χ2n) is 2.45. The molecule has 5 heteroatoms. The molecule has 4 nitrogen and oxygen atoms in total. The first-order valence-corrected chi connectivity index (χ1v) is 5.13. The second-order valence-corrected chi connectivity index (χ2v) is 4.77. The van der Waals surface area contributed by atoms with Gasteiger partial charge in [0.1, 0.15) is 0 Å². The fourth-order valence-corrected chi connectivity index (χ4v) is 1.62. The summed E-state index contributed by atoms with van der Waals surface area (Å²) in [5.74, 6) is 0.0772. The first kappa shape index (κ1) is 10.9. The van der Waals surface area contributed by atoms with Crippen molar-refractivity contribution in [3.63, 3.8) is 0 Å². The third-order valence-corrected chi connectivity index (χ3v) is 3.66. The van der Waals surface area contributed by atoms with E-state index in [-0.39, 0.29) is 18.4 Å². The molecule has 1 unspecified atom stereocenters. The van der Waals surface area contributed by atoms with Crippen LogP contribution in [0.15, 0.2) is 0 Å². The van der Waals surface area contributed by atoms with Crippen LogP contribution in [0.25, 0.3) is 0 Å². The van der Waals surface area contributed by atoms with E-state index in [0.29, 0.717) is 0 Å². The zero-order chi connectivity index (χ0) is 9.07. The molecular weight excluding hydrogens is 166 g/mol. The van der Waals surface area contributed by atoms with Gasteiger partial charge in [0, 0.05) is 13.1 Å². The van der Waals surface area contributed by atoms with Gasteiger partial charge in [-0.3, -0.25) is 0 Å². The largest absolute Gasteiger partial charge is 0.395 e. The Bertz CT molecular complexity index is 200. The monoisotopic (exact) mass is 181 g/mol. The summed E-state index contributed by atoms with van der Waals surface area (Å²) in [4.78, 5) is 0. The van der Waals surface area contributed by atoms with Crippen molar-refractivity contribution in [2.45, 2.75) is 19.9 Å². The number of likely N-dealkylation sites (N-methyl/N-ethyl adjacent to an activating group) is 1. The molecule has 68 valence electrons. The Morgan fingerprint density at radius 2 is 2.00 bits per heavy atom. The molecule has 11 heavy (non-hydrogen) atoms. The Kier molecular flexibility index (Phi) is 3.99. The van der Waals surface area contributed by atoms with Crippen molar-refractivity contribution in [3.05, 3.63) is 0 Å². The molecule has 0 rings (SSSR count). The van der Waals surface area contributed by atoms with Crippen LogP contribution in [0.3, 0.4) is 0 Å². The maximum atomic E-state index is 11.1. The highest BCUT2D eigenvalue weighted by Gasteiger charge is 2.19. The van der Waals surface area contributed by atoms with E-state index in [1.165, 1.54) is 11.4 Å². The van der Waals surface area contributed by atoms with Crippen LogP contribution in [0.5, 0.6) is 0 Å². The van der Waals surface area contributed by atoms with Crippen LogP contribution in [-0.4, -0.2) is 43.3 Å². The van der Waals surface area contributed by atoms with Crippen molar-refractivity contribution < 1.29 is 13.5 Å². The Labute approximate surface area is 67.9 Å². The highest BCUT2D eigenvalue weighted by atomic mass is 32.2. The minimum Gasteiger partial charge on any atom is -0.395 e. The average Bonchev–Trinajstić information content (AvgIpc) is 2.01. The van der Waals surface area contributed by atoms with Crippen molar-refractivity contribution in [2.24, 2.45) is 0 Å². The molecule has 1 N–H and O–H groups in total. The van der Waals surface area contributed by atoms with Gasteiger partial charge in [-0.1, -0.05) is 0 Å². The molecule has 0 spiro atoms. The van der Waals surface area contributed by atoms with Crippen LogP contribution in [0.4, 0.5) is 0 Å². The Balaban J connectivity index is 4.36. The van der Waals surface area contributed by atoms with Crippen LogP contribution in [0.2, 0.25) is 0 Å². The van der Waals surface area contributed by atoms with Crippen molar-refractivity contribution in [1.82, 2.24) is 4.31 Å². The molecule has 0 heterocycles. The summed E-state index contributed by atoms with van der Waals surface area (Å²) < 4.78 is 23.4. The Hall–Kier alpha value is -0.130. The van der Waals surface area contributed by atoms with Crippen molar-refractivity contribution >= 4 is 10.0 Å². The third-order valence-electron chi connectivity index (χ3n) is 1.69. The normalized spacial score (nSPS) is 15.4. The number of nitrogens with zero attached hydrogens (tertiary/aromatic N) is 1. The molecule has 0 amide bonds. The van der Waals surface area contributed by atoms with Crippen molar-refractivity contribution in [1.29, 1.82) is 0 Å². The van der Waals surface area contributed by atoms with Crippen LogP contribution < -0.4 is 0 Å². The third kappa shape index (κ3) is 2.76. The van der Waals surface area contributed by atoms with Gasteiger partial charge in [0.05, 0.1) is 12.4 Å². The standard InChI is InChI=1S/C6H15NO3S/c1-4-11(9,10)7(3)6(2)5-8/h6,8H,4-5H2,1-3H3. The summed E-state index contributed by atoms with van der Waals surface area (Å²) in [5.41, 5.74) is 0. The molecule has 1 atom stereocenters. The van der Waals surface area contributed by atoms with Crippen molar-refractivity contribution in [2.75, 3.05) is 19.4 Å². The molecule has 0 aromatic rings. The van der Waals surface area contributed by atoms with Crippen molar-refractivity contribution in [3.8, 4) is 0 Å². The van der Waals surface area contributed by atoms with Gasteiger partial charge in [0.2, 0.25) is 10.0 Å². The van der Waals surface area contributed by atoms with Crippen LogP contribution in [0.1, 0.15) is 13.8 Å². The lowest BCUT2D eigenvalue weighted by atomic mass is 10.4. The fraction of sp³-hybridized carbons (Fsp3) is 1.00. The topological polar surface area (TPSA) is 57.6 Å². The quantitative estimate of drug-likeness (QED) is 0.645. The van der Waals surface area contributed by atoms with Crippen LogP contribution in [0, 0.1) is 0 Å². The smallest absolute Gasteiger partial charge is 0.213 e. The lowest BCUT2D eigenvalue weighted by Crippen LogP contribution is -2.38. The van der Waals surface area contributed by atoms with Crippen LogP contribution >= 0.6 is 0 Å². The Morgan fingerprint density at radius 1 is 1.55 bits per heavy atom. The van der Waals surface area contributed by atoms with Gasteiger partial charge in [-0.25, -0.2) is 8.42 Å². The van der Waals surface area contributed by atoms with E-state index in [9.17, 15) is 8.42 Å². The minimum absolute atomic E-state index is 0.0772. The molecule has 0 saturated heterocycles. The number of aliphatic hydroxyl groups is 1. The number of sulfonamides is 1. The summed E-state index contributed by atoms with van der Waals surface area (Å²) in [6, 6.07) is -0.333. The minimum atomic E-state index is -3.14. The van der Waals surface area contributed by atoms with Gasteiger partial charge in [-0.05, 0) is 13.8 Å². The number of hydrogen-bond donors (Lipinski definition) is 1. The number of rotatable bonds is 4. The second kappa shape index (κ2) is 4.04. The summed E-state index contributed by atoms with van der Waals surface area (Å²) in [5, 5.41) is 8.66. The van der Waals surface area contributed by atoms with E-state index < -0.39 is 10.0 Å². The molecule has 0 aliphatic carbocycles. The molecule has 0 fully saturated rings. The predicted molar refractivity (Wildman–Crippen MR) is 43.8 cm³/mol. The number of aliphatic hydroxyl groups excluding tert-OH is 1. The zero-order valence-corrected chi connectivity index (χ0v) is 7.93. The van der Waals surface area contributed by atoms with Crippen LogP contribution in [-0.2, 0) is 10.0 Å². The highest BCUT2D eigenvalue weighted by Crippen LogP contribution is 2.02. The van der Waals surface area contributed by atoms with E-state index in [2.05, 4.69) is 0 Å². The lowest BCUT2D eigenvalue weighted by molar-refractivity contribution is 0.214. The molecule has 0 saturated carbocycles. The molecule has 0 bridgehead atoms. The van der Waals surface area contributed by atoms with E-state index in [0.717, 1.165) is 0 Å². The van der Waals surface area contributed by atoms with Gasteiger partial charge in [-0.2, -0.15) is 4.31 Å².